The third-order valence-corrected chi connectivity index (χ3v) is 2.77. The van der Waals surface area contributed by atoms with E-state index in [0.29, 0.717) is 13.1 Å². The van der Waals surface area contributed by atoms with Gasteiger partial charge in [0, 0.05) is 32.7 Å². The molecule has 0 amide bonds. The molecule has 0 fully saturated rings. The number of nitrogens with two attached hydrogens (primary N) is 2. The second kappa shape index (κ2) is 8.06. The number of benzene rings is 1. The molecule has 0 radical (unpaired) electrons. The second-order valence-electron chi connectivity index (χ2n) is 4.02. The topological polar surface area (TPSA) is 64.5 Å². The first-order chi connectivity index (χ1) is 8.30. The van der Waals surface area contributed by atoms with Crippen molar-refractivity contribution in [3.8, 4) is 5.75 Å². The van der Waals surface area contributed by atoms with E-state index < -0.39 is 0 Å². The first-order valence-corrected chi connectivity index (χ1v) is 6.05. The summed E-state index contributed by atoms with van der Waals surface area (Å²) < 4.78 is 5.13. The first kappa shape index (κ1) is 14.0. The maximum atomic E-state index is 5.57. The third kappa shape index (κ3) is 5.17. The fraction of sp³-hybridized carbons (Fsp3) is 0.538. The number of rotatable bonds is 8. The zero-order chi connectivity index (χ0) is 12.5. The molecule has 0 heterocycles. The van der Waals surface area contributed by atoms with Crippen molar-refractivity contribution >= 4 is 0 Å². The minimum Gasteiger partial charge on any atom is -0.497 e. The van der Waals surface area contributed by atoms with Crippen LogP contribution in [0.4, 0.5) is 0 Å². The van der Waals surface area contributed by atoms with Gasteiger partial charge in [0.25, 0.3) is 0 Å². The number of nitrogens with zero attached hydrogens (tertiary/aromatic N) is 1. The molecule has 0 aromatic heterocycles. The molecule has 1 aromatic carbocycles. The standard InChI is InChI=1S/C13H23N3O/c1-17-13-4-2-12(3-5-13)6-9-16(10-7-14)11-8-15/h2-5H,6-11,14-15H2,1H3. The monoisotopic (exact) mass is 237 g/mol. The molecule has 0 spiro atoms. The van der Waals surface area contributed by atoms with Crippen molar-refractivity contribution in [2.45, 2.75) is 6.42 Å². The van der Waals surface area contributed by atoms with Crippen LogP contribution in [0.25, 0.3) is 0 Å². The summed E-state index contributed by atoms with van der Waals surface area (Å²) in [6.07, 6.45) is 1.02. The first-order valence-electron chi connectivity index (χ1n) is 6.05. The van der Waals surface area contributed by atoms with Gasteiger partial charge in [-0.15, -0.1) is 0 Å². The predicted octanol–water partition coefficient (Wildman–Crippen LogP) is 0.457. The lowest BCUT2D eigenvalue weighted by atomic mass is 10.1. The fourth-order valence-corrected chi connectivity index (χ4v) is 1.78. The molecule has 17 heavy (non-hydrogen) atoms. The van der Waals surface area contributed by atoms with Crippen LogP contribution >= 0.6 is 0 Å². The Balaban J connectivity index is 2.41. The average molecular weight is 237 g/mol. The number of hydrogen-bond donors (Lipinski definition) is 2. The molecule has 4 N–H and O–H groups in total. The molecule has 4 heteroatoms. The molecule has 0 unspecified atom stereocenters. The summed E-state index contributed by atoms with van der Waals surface area (Å²) in [5, 5.41) is 0. The van der Waals surface area contributed by atoms with Crippen molar-refractivity contribution < 1.29 is 4.74 Å². The maximum Gasteiger partial charge on any atom is 0.118 e. The van der Waals surface area contributed by atoms with Gasteiger partial charge in [0.1, 0.15) is 5.75 Å². The van der Waals surface area contributed by atoms with E-state index in [4.69, 9.17) is 16.2 Å². The Kier molecular flexibility index (Phi) is 6.62. The van der Waals surface area contributed by atoms with Crippen molar-refractivity contribution in [1.29, 1.82) is 0 Å². The quantitative estimate of drug-likeness (QED) is 0.689. The Morgan fingerprint density at radius 2 is 1.59 bits per heavy atom. The van der Waals surface area contributed by atoms with Crippen LogP contribution in [0.2, 0.25) is 0 Å². The Bertz CT molecular complexity index is 294. The Labute approximate surface area is 104 Å². The van der Waals surface area contributed by atoms with Gasteiger partial charge in [-0.1, -0.05) is 12.1 Å². The molecule has 0 bridgehead atoms. The van der Waals surface area contributed by atoms with Crippen molar-refractivity contribution in [1.82, 2.24) is 4.90 Å². The van der Waals surface area contributed by atoms with E-state index >= 15 is 0 Å². The lowest BCUT2D eigenvalue weighted by Crippen LogP contribution is -2.35. The van der Waals surface area contributed by atoms with Gasteiger partial charge in [-0.05, 0) is 24.1 Å². The normalized spacial score (nSPS) is 10.8. The molecule has 0 aliphatic carbocycles. The van der Waals surface area contributed by atoms with Crippen molar-refractivity contribution in [2.24, 2.45) is 11.5 Å². The van der Waals surface area contributed by atoms with E-state index in [9.17, 15) is 0 Å². The molecular formula is C13H23N3O. The van der Waals surface area contributed by atoms with Gasteiger partial charge in [0.05, 0.1) is 7.11 Å². The summed E-state index contributed by atoms with van der Waals surface area (Å²) in [5.74, 6) is 0.898. The van der Waals surface area contributed by atoms with Gasteiger partial charge < -0.3 is 21.1 Å². The van der Waals surface area contributed by atoms with Gasteiger partial charge in [0.2, 0.25) is 0 Å². The van der Waals surface area contributed by atoms with E-state index in [2.05, 4.69) is 17.0 Å². The van der Waals surface area contributed by atoms with E-state index in [1.165, 1.54) is 5.56 Å². The van der Waals surface area contributed by atoms with Gasteiger partial charge >= 0.3 is 0 Å². The Morgan fingerprint density at radius 3 is 2.06 bits per heavy atom. The largest absolute Gasteiger partial charge is 0.497 e. The van der Waals surface area contributed by atoms with Crippen LogP contribution in [0.5, 0.6) is 5.75 Å². The van der Waals surface area contributed by atoms with Gasteiger partial charge in [-0.2, -0.15) is 0 Å². The molecule has 0 atom stereocenters. The van der Waals surface area contributed by atoms with Gasteiger partial charge in [-0.3, -0.25) is 0 Å². The molecule has 1 rings (SSSR count). The van der Waals surface area contributed by atoms with E-state index in [-0.39, 0.29) is 0 Å². The molecule has 1 aromatic rings. The summed E-state index contributed by atoms with van der Waals surface area (Å²) in [6.45, 7) is 4.19. The lowest BCUT2D eigenvalue weighted by molar-refractivity contribution is 0.292. The van der Waals surface area contributed by atoms with Crippen molar-refractivity contribution in [3.63, 3.8) is 0 Å². The highest BCUT2D eigenvalue weighted by molar-refractivity contribution is 5.27. The molecule has 0 aliphatic rings. The lowest BCUT2D eigenvalue weighted by Gasteiger charge is -2.20. The highest BCUT2D eigenvalue weighted by Gasteiger charge is 2.03. The number of methoxy groups -OCH3 is 1. The predicted molar refractivity (Wildman–Crippen MR) is 71.2 cm³/mol. The Hall–Kier alpha value is -1.10. The summed E-state index contributed by atoms with van der Waals surface area (Å²) in [5.41, 5.74) is 12.4. The van der Waals surface area contributed by atoms with Crippen LogP contribution in [0.1, 0.15) is 5.56 Å². The Morgan fingerprint density at radius 1 is 1.00 bits per heavy atom. The zero-order valence-electron chi connectivity index (χ0n) is 10.6. The van der Waals surface area contributed by atoms with Crippen molar-refractivity contribution in [3.05, 3.63) is 29.8 Å². The highest BCUT2D eigenvalue weighted by Crippen LogP contribution is 2.11. The molecule has 96 valence electrons. The van der Waals surface area contributed by atoms with Crippen LogP contribution in [0, 0.1) is 0 Å². The summed E-state index contributed by atoms with van der Waals surface area (Å²) >= 11 is 0. The highest BCUT2D eigenvalue weighted by atomic mass is 16.5. The van der Waals surface area contributed by atoms with Gasteiger partial charge in [-0.25, -0.2) is 0 Å². The molecule has 4 nitrogen and oxygen atoms in total. The minimum atomic E-state index is 0.683. The third-order valence-electron chi connectivity index (χ3n) is 2.77. The fourth-order valence-electron chi connectivity index (χ4n) is 1.78. The van der Waals surface area contributed by atoms with Crippen LogP contribution in [-0.4, -0.2) is 44.7 Å². The van der Waals surface area contributed by atoms with E-state index in [1.807, 2.05) is 12.1 Å². The zero-order valence-corrected chi connectivity index (χ0v) is 10.6. The van der Waals surface area contributed by atoms with Crippen molar-refractivity contribution in [2.75, 3.05) is 39.8 Å². The van der Waals surface area contributed by atoms with E-state index in [1.54, 1.807) is 7.11 Å². The molecule has 0 saturated carbocycles. The van der Waals surface area contributed by atoms with Crippen LogP contribution in [0.3, 0.4) is 0 Å². The summed E-state index contributed by atoms with van der Waals surface area (Å²) in [6, 6.07) is 8.18. The summed E-state index contributed by atoms with van der Waals surface area (Å²) in [7, 11) is 1.68. The smallest absolute Gasteiger partial charge is 0.118 e. The van der Waals surface area contributed by atoms with Crippen LogP contribution in [0.15, 0.2) is 24.3 Å². The molecule has 0 aliphatic heterocycles. The molecular weight excluding hydrogens is 214 g/mol. The van der Waals surface area contributed by atoms with Crippen LogP contribution < -0.4 is 16.2 Å². The van der Waals surface area contributed by atoms with E-state index in [0.717, 1.165) is 31.8 Å². The number of ether oxygens (including phenoxy) is 1. The minimum absolute atomic E-state index is 0.683. The average Bonchev–Trinajstić information content (AvgIpc) is 2.37. The van der Waals surface area contributed by atoms with Crippen LogP contribution in [-0.2, 0) is 6.42 Å². The molecule has 0 saturated heterocycles. The second-order valence-corrected chi connectivity index (χ2v) is 4.02. The SMILES string of the molecule is COc1ccc(CCN(CCN)CCN)cc1. The van der Waals surface area contributed by atoms with Gasteiger partial charge in [0.15, 0.2) is 0 Å². The number of hydrogen-bond acceptors (Lipinski definition) is 4. The summed E-state index contributed by atoms with van der Waals surface area (Å²) in [4.78, 5) is 2.30. The maximum absolute atomic E-state index is 5.57.